The predicted molar refractivity (Wildman–Crippen MR) is 126 cm³/mol. The van der Waals surface area contributed by atoms with Crippen molar-refractivity contribution in [2.24, 2.45) is 8.80 Å². The molecule has 10 heteroatoms. The second-order valence-corrected chi connectivity index (χ2v) is 11.9. The minimum absolute atomic E-state index is 0.0845. The van der Waals surface area contributed by atoms with E-state index < -0.39 is 29.7 Å². The summed E-state index contributed by atoms with van der Waals surface area (Å²) in [6.07, 6.45) is 2.90. The van der Waals surface area contributed by atoms with Gasteiger partial charge in [-0.3, -0.25) is 0 Å². The molecule has 2 aromatic rings. The molecule has 0 aromatic heterocycles. The number of nitrogens with zero attached hydrogens (tertiary/aromatic N) is 2. The first kappa shape index (κ1) is 23.1. The maximum Gasteiger partial charge on any atom is 0.282 e. The van der Waals surface area contributed by atoms with Crippen LogP contribution in [-0.4, -0.2) is 37.9 Å². The highest BCUT2D eigenvalue weighted by Crippen LogP contribution is 2.26. The highest BCUT2D eigenvalue weighted by Gasteiger charge is 2.31. The fourth-order valence-corrected chi connectivity index (χ4v) is 6.02. The van der Waals surface area contributed by atoms with Gasteiger partial charge in [0.25, 0.3) is 20.0 Å². The first-order valence-electron chi connectivity index (χ1n) is 8.79. The van der Waals surface area contributed by atoms with E-state index in [9.17, 15) is 16.8 Å². The van der Waals surface area contributed by atoms with Crippen molar-refractivity contribution in [2.75, 3.05) is 0 Å². The maximum atomic E-state index is 12.6. The highest BCUT2D eigenvalue weighted by atomic mass is 79.9. The van der Waals surface area contributed by atoms with Crippen LogP contribution in [0.25, 0.3) is 0 Å². The summed E-state index contributed by atoms with van der Waals surface area (Å²) >= 11 is 6.80. The van der Waals surface area contributed by atoms with Crippen molar-refractivity contribution in [3.63, 3.8) is 0 Å². The van der Waals surface area contributed by atoms with Gasteiger partial charge < -0.3 is 0 Å². The Balaban J connectivity index is 1.94. The molecule has 0 heterocycles. The van der Waals surface area contributed by atoms with Crippen LogP contribution in [0.4, 0.5) is 0 Å². The molecule has 0 saturated carbocycles. The zero-order valence-electron chi connectivity index (χ0n) is 16.0. The van der Waals surface area contributed by atoms with E-state index in [1.165, 1.54) is 36.4 Å². The van der Waals surface area contributed by atoms with Crippen LogP contribution in [0.2, 0.25) is 0 Å². The van der Waals surface area contributed by atoms with Crippen molar-refractivity contribution in [2.45, 2.75) is 33.3 Å². The minimum Gasteiger partial charge on any atom is -0.199 e. The Hall–Kier alpha value is -1.62. The van der Waals surface area contributed by atoms with Gasteiger partial charge in [0.15, 0.2) is 0 Å². The second-order valence-electron chi connectivity index (χ2n) is 6.75. The zero-order valence-corrected chi connectivity index (χ0v) is 20.8. The zero-order chi connectivity index (χ0) is 22.1. The Morgan fingerprint density at radius 2 is 0.933 bits per heavy atom. The number of halogens is 2. The molecule has 1 aliphatic carbocycles. The van der Waals surface area contributed by atoms with Gasteiger partial charge in [0.2, 0.25) is 0 Å². The van der Waals surface area contributed by atoms with Gasteiger partial charge in [0.05, 0.1) is 30.9 Å². The number of sulfonamides is 2. The number of alkyl halides is 2. The Kier molecular flexibility index (Phi) is 6.81. The van der Waals surface area contributed by atoms with E-state index in [-0.39, 0.29) is 21.2 Å². The molecule has 158 valence electrons. The van der Waals surface area contributed by atoms with Crippen molar-refractivity contribution >= 4 is 63.3 Å². The largest absolute Gasteiger partial charge is 0.282 e. The molecule has 0 fully saturated rings. The number of allylic oxidation sites excluding steroid dienone is 2. The van der Waals surface area contributed by atoms with Crippen LogP contribution in [0.15, 0.2) is 79.3 Å². The molecular formula is C20H18Br2N2O4S2. The number of rotatable bonds is 4. The van der Waals surface area contributed by atoms with Gasteiger partial charge in [-0.1, -0.05) is 67.3 Å². The second kappa shape index (κ2) is 8.86. The number of benzene rings is 2. The summed E-state index contributed by atoms with van der Waals surface area (Å²) in [6.45, 7) is 3.73. The Morgan fingerprint density at radius 3 is 1.23 bits per heavy atom. The van der Waals surface area contributed by atoms with Gasteiger partial charge in [0.1, 0.15) is 0 Å². The fourth-order valence-electron chi connectivity index (χ4n) is 2.62. The lowest BCUT2D eigenvalue weighted by atomic mass is 10.0. The van der Waals surface area contributed by atoms with Crippen LogP contribution in [0.3, 0.4) is 0 Å². The van der Waals surface area contributed by atoms with Crippen LogP contribution in [0, 0.1) is 13.8 Å². The van der Waals surface area contributed by atoms with Crippen molar-refractivity contribution in [1.82, 2.24) is 0 Å². The molecule has 0 N–H and O–H groups in total. The smallest absolute Gasteiger partial charge is 0.199 e. The molecule has 0 saturated heterocycles. The molecule has 1 aliphatic rings. The normalized spacial score (nSPS) is 22.5. The van der Waals surface area contributed by atoms with E-state index in [1.54, 1.807) is 24.3 Å². The topological polar surface area (TPSA) is 93.0 Å². The van der Waals surface area contributed by atoms with E-state index in [0.717, 1.165) is 11.1 Å². The highest BCUT2D eigenvalue weighted by molar-refractivity contribution is 9.12. The van der Waals surface area contributed by atoms with Crippen LogP contribution in [0.5, 0.6) is 0 Å². The average molecular weight is 574 g/mol. The maximum absolute atomic E-state index is 12.6. The molecule has 0 bridgehead atoms. The average Bonchev–Trinajstić information content (AvgIpc) is 2.68. The number of hydrogen-bond acceptors (Lipinski definition) is 4. The van der Waals surface area contributed by atoms with Crippen molar-refractivity contribution < 1.29 is 16.8 Å². The van der Waals surface area contributed by atoms with Gasteiger partial charge in [-0.15, -0.1) is 0 Å². The van der Waals surface area contributed by atoms with Crippen LogP contribution >= 0.6 is 31.9 Å². The van der Waals surface area contributed by atoms with Crippen molar-refractivity contribution in [1.29, 1.82) is 0 Å². The van der Waals surface area contributed by atoms with Gasteiger partial charge in [-0.25, -0.2) is 0 Å². The van der Waals surface area contributed by atoms with Gasteiger partial charge in [-0.05, 0) is 50.3 Å². The summed E-state index contributed by atoms with van der Waals surface area (Å²) in [5.74, 6) is 0. The third kappa shape index (κ3) is 5.16. The lowest BCUT2D eigenvalue weighted by Crippen LogP contribution is -2.34. The SMILES string of the molecule is Cc1ccc(S(=O)(=O)/N=C2C=C/C(=N\S(=O)(=O)c3ccc(C)cc3)C(Br)C\2Br)cc1. The molecule has 0 aliphatic heterocycles. The first-order valence-corrected chi connectivity index (χ1v) is 13.5. The van der Waals surface area contributed by atoms with E-state index in [0.29, 0.717) is 0 Å². The third-order valence-corrected chi connectivity index (χ3v) is 9.68. The van der Waals surface area contributed by atoms with E-state index in [1.807, 2.05) is 13.8 Å². The molecule has 6 nitrogen and oxygen atoms in total. The van der Waals surface area contributed by atoms with Crippen LogP contribution < -0.4 is 0 Å². The van der Waals surface area contributed by atoms with E-state index in [4.69, 9.17) is 0 Å². The molecule has 0 amide bonds. The Bertz CT molecular complexity index is 1150. The molecule has 0 radical (unpaired) electrons. The summed E-state index contributed by atoms with van der Waals surface area (Å²) in [5.41, 5.74) is 2.36. The van der Waals surface area contributed by atoms with Crippen LogP contribution in [-0.2, 0) is 20.0 Å². The van der Waals surface area contributed by atoms with Crippen LogP contribution in [0.1, 0.15) is 11.1 Å². The summed E-state index contributed by atoms with van der Waals surface area (Å²) in [6, 6.07) is 12.8. The summed E-state index contributed by atoms with van der Waals surface area (Å²) in [5, 5.41) is 0. The Labute approximate surface area is 193 Å². The molecule has 0 spiro atoms. The van der Waals surface area contributed by atoms with Crippen molar-refractivity contribution in [3.8, 4) is 0 Å². The van der Waals surface area contributed by atoms with E-state index >= 15 is 0 Å². The molecule has 30 heavy (non-hydrogen) atoms. The number of hydrogen-bond donors (Lipinski definition) is 0. The molecule has 2 atom stereocenters. The van der Waals surface area contributed by atoms with Gasteiger partial charge >= 0.3 is 0 Å². The monoisotopic (exact) mass is 572 g/mol. The summed E-state index contributed by atoms with van der Waals surface area (Å²) < 4.78 is 58.2. The third-order valence-electron chi connectivity index (χ3n) is 4.34. The molecular weight excluding hydrogens is 556 g/mol. The lowest BCUT2D eigenvalue weighted by molar-refractivity contribution is 0.596. The van der Waals surface area contributed by atoms with E-state index in [2.05, 4.69) is 40.7 Å². The molecule has 2 unspecified atom stereocenters. The molecule has 3 rings (SSSR count). The lowest BCUT2D eigenvalue weighted by Gasteiger charge is -2.21. The standard InChI is InChI=1S/C20H18Br2N2O4S2/c1-13-3-7-15(8-4-13)29(25,26)23-17-11-12-18(20(22)19(17)21)24-30(27,28)16-9-5-14(2)6-10-16/h3-12,19-20H,1-2H3/b23-17+,24-18+. The number of aryl methyl sites for hydroxylation is 2. The molecule has 2 aromatic carbocycles. The first-order chi connectivity index (χ1) is 14.0. The van der Waals surface area contributed by atoms with Crippen molar-refractivity contribution in [3.05, 3.63) is 71.8 Å². The fraction of sp³-hybridized carbons (Fsp3) is 0.200. The minimum atomic E-state index is -3.90. The summed E-state index contributed by atoms with van der Waals surface area (Å²) in [4.78, 5) is -1.01. The quantitative estimate of drug-likeness (QED) is 0.508. The van der Waals surface area contributed by atoms with Gasteiger partial charge in [0, 0.05) is 0 Å². The summed E-state index contributed by atoms with van der Waals surface area (Å²) in [7, 11) is -7.81. The Morgan fingerprint density at radius 1 is 0.633 bits per heavy atom. The predicted octanol–water partition coefficient (Wildman–Crippen LogP) is 4.36. The van der Waals surface area contributed by atoms with Gasteiger partial charge in [-0.2, -0.15) is 25.6 Å².